The molecule has 2 amide bonds. The van der Waals surface area contributed by atoms with Crippen LogP contribution in [-0.4, -0.2) is 39.7 Å². The number of nitrogens with zero attached hydrogens (tertiary/aromatic N) is 1. The molecule has 9 heteroatoms. The number of amides is 2. The third-order valence-corrected chi connectivity index (χ3v) is 3.68. The summed E-state index contributed by atoms with van der Waals surface area (Å²) in [7, 11) is 0. The van der Waals surface area contributed by atoms with Gasteiger partial charge in [-0.15, -0.1) is 11.8 Å². The Hall–Kier alpha value is -1.90. The summed E-state index contributed by atoms with van der Waals surface area (Å²) in [4.78, 5) is 23.7. The summed E-state index contributed by atoms with van der Waals surface area (Å²) in [5.41, 5.74) is -0.673. The predicted molar refractivity (Wildman–Crippen MR) is 65.9 cm³/mol. The topological polar surface area (TPSA) is 69.6 Å². The molecule has 5 nitrogen and oxygen atoms in total. The molecule has 108 valence electrons. The van der Waals surface area contributed by atoms with E-state index in [0.29, 0.717) is 12.1 Å². The fraction of sp³-hybridized carbons (Fsp3) is 0.273. The first-order valence-electron chi connectivity index (χ1n) is 5.43. The number of rotatable bonds is 2. The summed E-state index contributed by atoms with van der Waals surface area (Å²) >= 11 is 1.21. The third-order valence-electron chi connectivity index (χ3n) is 2.66. The fourth-order valence-electron chi connectivity index (χ4n) is 1.68. The van der Waals surface area contributed by atoms with Crippen LogP contribution >= 0.6 is 11.8 Å². The van der Waals surface area contributed by atoms with E-state index in [1.165, 1.54) is 11.8 Å². The van der Waals surface area contributed by atoms with Gasteiger partial charge >= 0.3 is 12.0 Å². The normalized spacial score (nSPS) is 18.1. The summed E-state index contributed by atoms with van der Waals surface area (Å²) in [5.74, 6) is -4.80. The number of hydrogen-bond acceptors (Lipinski definition) is 3. The van der Waals surface area contributed by atoms with Crippen molar-refractivity contribution in [2.45, 2.75) is 6.04 Å². The van der Waals surface area contributed by atoms with Gasteiger partial charge in [0.25, 0.3) is 0 Å². The number of aliphatic carboxylic acids is 1. The number of carbonyl (C=O) groups is 2. The molecule has 1 heterocycles. The Kier molecular flexibility index (Phi) is 4.07. The van der Waals surface area contributed by atoms with Gasteiger partial charge in [-0.1, -0.05) is 0 Å². The van der Waals surface area contributed by atoms with Gasteiger partial charge in [0.05, 0.1) is 11.6 Å². The zero-order valence-corrected chi connectivity index (χ0v) is 10.7. The van der Waals surface area contributed by atoms with Gasteiger partial charge in [-0.3, -0.25) is 0 Å². The van der Waals surface area contributed by atoms with Gasteiger partial charge in [-0.05, 0) is 0 Å². The largest absolute Gasteiger partial charge is 0.480 e. The van der Waals surface area contributed by atoms with Gasteiger partial charge < -0.3 is 15.3 Å². The lowest BCUT2D eigenvalue weighted by molar-refractivity contribution is -0.140. The van der Waals surface area contributed by atoms with E-state index in [0.717, 1.165) is 4.90 Å². The van der Waals surface area contributed by atoms with Crippen LogP contribution in [0.25, 0.3) is 0 Å². The minimum absolute atomic E-state index is 0.0994. The maximum atomic E-state index is 13.4. The lowest BCUT2D eigenvalue weighted by atomic mass is 10.2. The van der Waals surface area contributed by atoms with Gasteiger partial charge in [0.2, 0.25) is 0 Å². The third kappa shape index (κ3) is 2.82. The van der Waals surface area contributed by atoms with Crippen molar-refractivity contribution in [1.82, 2.24) is 4.90 Å². The second-order valence-corrected chi connectivity index (χ2v) is 5.00. The van der Waals surface area contributed by atoms with Crippen molar-refractivity contribution in [3.63, 3.8) is 0 Å². The van der Waals surface area contributed by atoms with Crippen molar-refractivity contribution >= 4 is 29.4 Å². The van der Waals surface area contributed by atoms with Crippen molar-refractivity contribution < 1.29 is 27.9 Å². The zero-order chi connectivity index (χ0) is 14.9. The number of carboxylic acid groups (broad SMARTS) is 1. The molecule has 0 radical (unpaired) electrons. The van der Waals surface area contributed by atoms with E-state index < -0.39 is 41.2 Å². The smallest absolute Gasteiger partial charge is 0.327 e. The number of nitrogens with one attached hydrogen (secondary N) is 1. The second kappa shape index (κ2) is 5.61. The molecule has 0 aromatic heterocycles. The molecule has 0 saturated carbocycles. The lowest BCUT2D eigenvalue weighted by Gasteiger charge is -2.21. The summed E-state index contributed by atoms with van der Waals surface area (Å²) in [6.07, 6.45) is 0. The molecule has 2 rings (SSSR count). The molecule has 1 aromatic rings. The van der Waals surface area contributed by atoms with Crippen LogP contribution in [-0.2, 0) is 4.79 Å². The first-order chi connectivity index (χ1) is 9.40. The average molecular weight is 306 g/mol. The Morgan fingerprint density at radius 3 is 2.70 bits per heavy atom. The molecule has 0 spiro atoms. The molecular weight excluding hydrogens is 297 g/mol. The Labute approximate surface area is 115 Å². The summed E-state index contributed by atoms with van der Waals surface area (Å²) in [6, 6.07) is -1.01. The highest BCUT2D eigenvalue weighted by Crippen LogP contribution is 2.24. The minimum atomic E-state index is -1.44. The number of carbonyl (C=O) groups excluding carboxylic acids is 1. The van der Waals surface area contributed by atoms with Crippen LogP contribution in [0.5, 0.6) is 0 Å². The SMILES string of the molecule is O=C(O)C1CSCN1C(=O)Nc1cc(F)cc(F)c1F. The van der Waals surface area contributed by atoms with Crippen molar-refractivity contribution in [1.29, 1.82) is 0 Å². The van der Waals surface area contributed by atoms with E-state index in [2.05, 4.69) is 0 Å². The highest BCUT2D eigenvalue weighted by Gasteiger charge is 2.35. The highest BCUT2D eigenvalue weighted by atomic mass is 32.2. The number of halogens is 3. The highest BCUT2D eigenvalue weighted by molar-refractivity contribution is 7.99. The monoisotopic (exact) mass is 306 g/mol. The van der Waals surface area contributed by atoms with E-state index >= 15 is 0 Å². The van der Waals surface area contributed by atoms with Crippen LogP contribution in [0.15, 0.2) is 12.1 Å². The minimum Gasteiger partial charge on any atom is -0.480 e. The molecule has 1 unspecified atom stereocenters. The van der Waals surface area contributed by atoms with Crippen LogP contribution in [0.1, 0.15) is 0 Å². The standard InChI is InChI=1S/C11H9F3N2O3S/c12-5-1-6(13)9(14)7(2-5)15-11(19)16-4-20-3-8(16)10(17)18/h1-2,8H,3-4H2,(H,15,19)(H,17,18). The number of hydrogen-bond donors (Lipinski definition) is 2. The molecule has 1 saturated heterocycles. The fourth-order valence-corrected chi connectivity index (χ4v) is 2.83. The number of benzene rings is 1. The number of anilines is 1. The first kappa shape index (κ1) is 14.5. The van der Waals surface area contributed by atoms with Gasteiger partial charge in [0.1, 0.15) is 11.9 Å². The molecule has 0 aliphatic carbocycles. The zero-order valence-electron chi connectivity index (χ0n) is 9.90. The molecule has 1 aliphatic rings. The van der Waals surface area contributed by atoms with E-state index in [1.54, 1.807) is 0 Å². The van der Waals surface area contributed by atoms with Crippen molar-refractivity contribution in [3.05, 3.63) is 29.6 Å². The molecule has 2 N–H and O–H groups in total. The molecular formula is C11H9F3N2O3S. The van der Waals surface area contributed by atoms with E-state index in [-0.39, 0.29) is 11.6 Å². The quantitative estimate of drug-likeness (QED) is 0.821. The van der Waals surface area contributed by atoms with E-state index in [4.69, 9.17) is 5.11 Å². The molecule has 1 atom stereocenters. The summed E-state index contributed by atoms with van der Waals surface area (Å²) in [6.45, 7) is 0. The lowest BCUT2D eigenvalue weighted by Crippen LogP contribution is -2.44. The maximum absolute atomic E-state index is 13.4. The van der Waals surface area contributed by atoms with Gasteiger partial charge in [0, 0.05) is 17.9 Å². The molecule has 0 bridgehead atoms. The van der Waals surface area contributed by atoms with Gasteiger partial charge in [-0.25, -0.2) is 22.8 Å². The summed E-state index contributed by atoms with van der Waals surface area (Å²) in [5, 5.41) is 10.9. The maximum Gasteiger partial charge on any atom is 0.327 e. The first-order valence-corrected chi connectivity index (χ1v) is 6.58. The molecule has 1 aliphatic heterocycles. The Bertz CT molecular complexity index is 570. The predicted octanol–water partition coefficient (Wildman–Crippen LogP) is 2.10. The van der Waals surface area contributed by atoms with Crippen LogP contribution in [0.4, 0.5) is 23.7 Å². The number of thioether (sulfide) groups is 1. The van der Waals surface area contributed by atoms with Crippen LogP contribution in [0.2, 0.25) is 0 Å². The van der Waals surface area contributed by atoms with Crippen LogP contribution < -0.4 is 5.32 Å². The summed E-state index contributed by atoms with van der Waals surface area (Å²) < 4.78 is 39.4. The van der Waals surface area contributed by atoms with Crippen molar-refractivity contribution in [2.24, 2.45) is 0 Å². The average Bonchev–Trinajstić information content (AvgIpc) is 2.84. The number of carboxylic acids is 1. The van der Waals surface area contributed by atoms with E-state index in [9.17, 15) is 22.8 Å². The van der Waals surface area contributed by atoms with Gasteiger partial charge in [0.15, 0.2) is 11.6 Å². The van der Waals surface area contributed by atoms with Crippen LogP contribution in [0, 0.1) is 17.5 Å². The van der Waals surface area contributed by atoms with Gasteiger partial charge in [-0.2, -0.15) is 0 Å². The Morgan fingerprint density at radius 1 is 1.35 bits per heavy atom. The van der Waals surface area contributed by atoms with E-state index in [1.807, 2.05) is 5.32 Å². The van der Waals surface area contributed by atoms with Crippen LogP contribution in [0.3, 0.4) is 0 Å². The molecule has 1 aromatic carbocycles. The Balaban J connectivity index is 2.18. The van der Waals surface area contributed by atoms with Crippen molar-refractivity contribution in [3.8, 4) is 0 Å². The van der Waals surface area contributed by atoms with Crippen molar-refractivity contribution in [2.75, 3.05) is 16.9 Å². The molecule has 20 heavy (non-hydrogen) atoms. The second-order valence-electron chi connectivity index (χ2n) is 4.00. The Morgan fingerprint density at radius 2 is 2.05 bits per heavy atom. The molecule has 1 fully saturated rings. The number of urea groups is 1.